The third-order valence-electron chi connectivity index (χ3n) is 3.07. The van der Waals surface area contributed by atoms with Crippen LogP contribution in [0.4, 0.5) is 5.13 Å². The molecule has 0 radical (unpaired) electrons. The second kappa shape index (κ2) is 7.33. The SMILES string of the molecule is NC(=O)Cc1csc(NC(=O)Cc2csc(-c3ccccc3)n2)n1. The first-order valence-corrected chi connectivity index (χ1v) is 8.88. The minimum atomic E-state index is -0.450. The monoisotopic (exact) mass is 358 g/mol. The number of carbonyl (C=O) groups is 2. The molecule has 0 spiro atoms. The fourth-order valence-corrected chi connectivity index (χ4v) is 3.61. The van der Waals surface area contributed by atoms with Crippen LogP contribution < -0.4 is 11.1 Å². The Morgan fingerprint density at radius 2 is 1.71 bits per heavy atom. The molecule has 3 N–H and O–H groups in total. The molecule has 1 aromatic carbocycles. The third-order valence-corrected chi connectivity index (χ3v) is 4.81. The van der Waals surface area contributed by atoms with E-state index in [0.29, 0.717) is 16.5 Å². The van der Waals surface area contributed by atoms with Crippen LogP contribution in [0.1, 0.15) is 11.4 Å². The molecule has 6 nitrogen and oxygen atoms in total. The summed E-state index contributed by atoms with van der Waals surface area (Å²) in [6.45, 7) is 0. The molecule has 3 aromatic rings. The van der Waals surface area contributed by atoms with E-state index in [0.717, 1.165) is 10.6 Å². The van der Waals surface area contributed by atoms with E-state index in [9.17, 15) is 9.59 Å². The first-order valence-electron chi connectivity index (χ1n) is 7.12. The predicted octanol–water partition coefficient (Wildman–Crippen LogP) is 2.48. The van der Waals surface area contributed by atoms with Crippen LogP contribution in [0, 0.1) is 0 Å². The number of carbonyl (C=O) groups excluding carboxylic acids is 2. The molecule has 0 aliphatic carbocycles. The van der Waals surface area contributed by atoms with Crippen LogP contribution in [0.2, 0.25) is 0 Å². The van der Waals surface area contributed by atoms with Crippen molar-refractivity contribution in [3.8, 4) is 10.6 Å². The van der Waals surface area contributed by atoms with Crippen LogP contribution >= 0.6 is 22.7 Å². The Balaban J connectivity index is 1.60. The molecule has 0 unspecified atom stereocenters. The molecule has 0 bridgehead atoms. The van der Waals surface area contributed by atoms with Crippen LogP contribution in [0.15, 0.2) is 41.1 Å². The summed E-state index contributed by atoms with van der Waals surface area (Å²) in [5.41, 5.74) is 7.42. The zero-order valence-corrected chi connectivity index (χ0v) is 14.2. The van der Waals surface area contributed by atoms with E-state index in [1.807, 2.05) is 35.7 Å². The minimum Gasteiger partial charge on any atom is -0.369 e. The molecular formula is C16H14N4O2S2. The van der Waals surface area contributed by atoms with E-state index in [1.165, 1.54) is 22.7 Å². The molecule has 2 amide bonds. The maximum Gasteiger partial charge on any atom is 0.232 e. The maximum atomic E-state index is 12.1. The van der Waals surface area contributed by atoms with Crippen molar-refractivity contribution >= 4 is 39.6 Å². The van der Waals surface area contributed by atoms with Gasteiger partial charge in [0.1, 0.15) is 5.01 Å². The van der Waals surface area contributed by atoms with Crippen molar-refractivity contribution in [2.24, 2.45) is 5.73 Å². The third kappa shape index (κ3) is 4.24. The second-order valence-corrected chi connectivity index (χ2v) is 6.74. The Kier molecular flexibility index (Phi) is 4.97. The fraction of sp³-hybridized carbons (Fsp3) is 0.125. The number of nitrogens with zero attached hydrogens (tertiary/aromatic N) is 2. The van der Waals surface area contributed by atoms with Crippen LogP contribution in [-0.4, -0.2) is 21.8 Å². The summed E-state index contributed by atoms with van der Waals surface area (Å²) in [5, 5.41) is 7.64. The van der Waals surface area contributed by atoms with E-state index >= 15 is 0 Å². The van der Waals surface area contributed by atoms with Crippen LogP contribution in [-0.2, 0) is 22.4 Å². The highest BCUT2D eigenvalue weighted by molar-refractivity contribution is 7.14. The van der Waals surface area contributed by atoms with E-state index in [-0.39, 0.29) is 18.7 Å². The highest BCUT2D eigenvalue weighted by atomic mass is 32.1. The van der Waals surface area contributed by atoms with Gasteiger partial charge in [-0.15, -0.1) is 22.7 Å². The fourth-order valence-electron chi connectivity index (χ4n) is 2.05. The lowest BCUT2D eigenvalue weighted by Gasteiger charge is -1.99. The molecule has 0 saturated carbocycles. The van der Waals surface area contributed by atoms with Gasteiger partial charge in [0.05, 0.1) is 24.2 Å². The number of rotatable bonds is 6. The number of aromatic nitrogens is 2. The van der Waals surface area contributed by atoms with Crippen molar-refractivity contribution in [1.29, 1.82) is 0 Å². The first kappa shape index (κ1) is 16.3. The number of hydrogen-bond acceptors (Lipinski definition) is 6. The highest BCUT2D eigenvalue weighted by Crippen LogP contribution is 2.23. The van der Waals surface area contributed by atoms with Crippen molar-refractivity contribution in [1.82, 2.24) is 9.97 Å². The number of primary amides is 1. The number of nitrogens with two attached hydrogens (primary N) is 1. The number of amides is 2. The Labute approximate surface area is 146 Å². The molecule has 0 aliphatic rings. The zero-order chi connectivity index (χ0) is 16.9. The lowest BCUT2D eigenvalue weighted by atomic mass is 10.2. The molecule has 0 fully saturated rings. The summed E-state index contributed by atoms with van der Waals surface area (Å²) in [5.74, 6) is -0.644. The van der Waals surface area contributed by atoms with E-state index in [4.69, 9.17) is 5.73 Å². The van der Waals surface area contributed by atoms with Gasteiger partial charge in [-0.05, 0) is 0 Å². The van der Waals surface area contributed by atoms with Crippen LogP contribution in [0.25, 0.3) is 10.6 Å². The molecular weight excluding hydrogens is 344 g/mol. The van der Waals surface area contributed by atoms with Crippen LogP contribution in [0.3, 0.4) is 0 Å². The lowest BCUT2D eigenvalue weighted by molar-refractivity contribution is -0.117. The largest absolute Gasteiger partial charge is 0.369 e. The van der Waals surface area contributed by atoms with Crippen molar-refractivity contribution < 1.29 is 9.59 Å². The van der Waals surface area contributed by atoms with E-state index in [2.05, 4.69) is 15.3 Å². The Hall–Kier alpha value is -2.58. The molecule has 122 valence electrons. The quantitative estimate of drug-likeness (QED) is 0.707. The van der Waals surface area contributed by atoms with Gasteiger partial charge in [-0.25, -0.2) is 9.97 Å². The molecule has 3 rings (SSSR count). The Morgan fingerprint density at radius 3 is 2.46 bits per heavy atom. The average Bonchev–Trinajstić information content (AvgIpc) is 3.17. The zero-order valence-electron chi connectivity index (χ0n) is 12.6. The van der Waals surface area contributed by atoms with Gasteiger partial charge in [-0.1, -0.05) is 30.3 Å². The van der Waals surface area contributed by atoms with Crippen molar-refractivity contribution in [2.75, 3.05) is 5.32 Å². The van der Waals surface area contributed by atoms with Gasteiger partial charge in [0.2, 0.25) is 11.8 Å². The number of nitrogens with one attached hydrogen (secondary N) is 1. The number of hydrogen-bond donors (Lipinski definition) is 2. The van der Waals surface area contributed by atoms with Gasteiger partial charge in [-0.3, -0.25) is 9.59 Å². The lowest BCUT2D eigenvalue weighted by Crippen LogP contribution is -2.15. The van der Waals surface area contributed by atoms with Gasteiger partial charge >= 0.3 is 0 Å². The summed E-state index contributed by atoms with van der Waals surface area (Å²) in [6.07, 6.45) is 0.243. The average molecular weight is 358 g/mol. The minimum absolute atomic E-state index is 0.0683. The Bertz CT molecular complexity index is 858. The summed E-state index contributed by atoms with van der Waals surface area (Å²) >= 11 is 2.77. The maximum absolute atomic E-state index is 12.1. The van der Waals surface area contributed by atoms with Crippen LogP contribution in [0.5, 0.6) is 0 Å². The van der Waals surface area contributed by atoms with Crippen molar-refractivity contribution in [2.45, 2.75) is 12.8 Å². The van der Waals surface area contributed by atoms with E-state index < -0.39 is 5.91 Å². The molecule has 0 saturated heterocycles. The number of anilines is 1. The smallest absolute Gasteiger partial charge is 0.232 e. The van der Waals surface area contributed by atoms with Gasteiger partial charge in [0, 0.05) is 16.3 Å². The summed E-state index contributed by atoms with van der Waals surface area (Å²) in [7, 11) is 0. The van der Waals surface area contributed by atoms with Crippen molar-refractivity contribution in [3.63, 3.8) is 0 Å². The van der Waals surface area contributed by atoms with Gasteiger partial charge in [0.15, 0.2) is 5.13 Å². The summed E-state index contributed by atoms with van der Waals surface area (Å²) < 4.78 is 0. The van der Waals surface area contributed by atoms with Crippen molar-refractivity contribution in [3.05, 3.63) is 52.5 Å². The first-order chi connectivity index (χ1) is 11.6. The van der Waals surface area contributed by atoms with Gasteiger partial charge < -0.3 is 11.1 Å². The molecule has 0 aliphatic heterocycles. The molecule has 2 heterocycles. The normalized spacial score (nSPS) is 10.5. The van der Waals surface area contributed by atoms with Gasteiger partial charge in [0.25, 0.3) is 0 Å². The number of thiazole rings is 2. The standard InChI is InChI=1S/C16H14N4O2S2/c17-13(21)6-11-9-24-16(19-11)20-14(22)7-12-8-23-15(18-12)10-4-2-1-3-5-10/h1-5,8-9H,6-7H2,(H2,17,21)(H,19,20,22). The molecule has 24 heavy (non-hydrogen) atoms. The second-order valence-electron chi connectivity index (χ2n) is 5.02. The number of benzene rings is 1. The predicted molar refractivity (Wildman–Crippen MR) is 94.9 cm³/mol. The molecule has 8 heteroatoms. The summed E-state index contributed by atoms with van der Waals surface area (Å²) in [4.78, 5) is 31.6. The highest BCUT2D eigenvalue weighted by Gasteiger charge is 2.11. The molecule has 0 atom stereocenters. The summed E-state index contributed by atoms with van der Waals surface area (Å²) in [6, 6.07) is 9.83. The van der Waals surface area contributed by atoms with Gasteiger partial charge in [-0.2, -0.15) is 0 Å². The van der Waals surface area contributed by atoms with E-state index in [1.54, 1.807) is 5.38 Å². The Morgan fingerprint density at radius 1 is 1.00 bits per heavy atom. The topological polar surface area (TPSA) is 98.0 Å². The molecule has 2 aromatic heterocycles.